The molecule has 5 nitrogen and oxygen atoms in total. The maximum atomic E-state index is 12.1. The molecule has 21 heavy (non-hydrogen) atoms. The molecule has 0 aliphatic carbocycles. The fourth-order valence-electron chi connectivity index (χ4n) is 2.27. The Balaban J connectivity index is 1.73. The van der Waals surface area contributed by atoms with Gasteiger partial charge in [0.1, 0.15) is 0 Å². The Labute approximate surface area is 122 Å². The van der Waals surface area contributed by atoms with Gasteiger partial charge in [0.25, 0.3) is 0 Å². The molecule has 0 saturated carbocycles. The highest BCUT2D eigenvalue weighted by molar-refractivity contribution is 5.92. The molecule has 0 spiro atoms. The summed E-state index contributed by atoms with van der Waals surface area (Å²) in [6, 6.07) is 9.82. The van der Waals surface area contributed by atoms with E-state index in [0.29, 0.717) is 12.1 Å². The van der Waals surface area contributed by atoms with Crippen LogP contribution < -0.4 is 5.32 Å². The second-order valence-electron chi connectivity index (χ2n) is 5.15. The van der Waals surface area contributed by atoms with Crippen molar-refractivity contribution in [2.75, 3.05) is 5.32 Å². The maximum Gasteiger partial charge on any atom is 0.228 e. The first kappa shape index (κ1) is 13.3. The van der Waals surface area contributed by atoms with Crippen LogP contribution in [0.3, 0.4) is 0 Å². The monoisotopic (exact) mass is 280 g/mol. The molecule has 106 valence electrons. The first-order chi connectivity index (χ1) is 10.1. The Bertz CT molecular complexity index is 807. The zero-order valence-electron chi connectivity index (χ0n) is 12.0. The number of amides is 1. The standard InChI is InChI=1S/C16H16N4O/c1-11-4-3-5-13(6-11)8-16(21)18-14-9-17-15-7-12(2)19-20(15)10-14/h3-7,9-10H,8H2,1-2H3,(H,18,21). The van der Waals surface area contributed by atoms with Gasteiger partial charge in [0.2, 0.25) is 5.91 Å². The van der Waals surface area contributed by atoms with Crippen LogP contribution in [0.5, 0.6) is 0 Å². The molecule has 0 bridgehead atoms. The molecule has 5 heteroatoms. The van der Waals surface area contributed by atoms with E-state index in [2.05, 4.69) is 15.4 Å². The molecule has 0 aliphatic heterocycles. The van der Waals surface area contributed by atoms with E-state index in [-0.39, 0.29) is 5.91 Å². The van der Waals surface area contributed by atoms with E-state index in [1.165, 1.54) is 0 Å². The number of carbonyl (C=O) groups is 1. The smallest absolute Gasteiger partial charge is 0.228 e. The maximum absolute atomic E-state index is 12.1. The lowest BCUT2D eigenvalue weighted by molar-refractivity contribution is -0.115. The lowest BCUT2D eigenvalue weighted by Crippen LogP contribution is -2.15. The Morgan fingerprint density at radius 1 is 1.29 bits per heavy atom. The van der Waals surface area contributed by atoms with Crippen LogP contribution in [0, 0.1) is 13.8 Å². The van der Waals surface area contributed by atoms with Crippen molar-refractivity contribution >= 4 is 17.2 Å². The molecule has 0 atom stereocenters. The van der Waals surface area contributed by atoms with Crippen molar-refractivity contribution in [2.45, 2.75) is 20.3 Å². The SMILES string of the molecule is Cc1cccc(CC(=O)Nc2cnc3cc(C)nn3c2)c1. The van der Waals surface area contributed by atoms with Crippen LogP contribution in [-0.4, -0.2) is 20.5 Å². The molecule has 2 heterocycles. The fourth-order valence-corrected chi connectivity index (χ4v) is 2.27. The highest BCUT2D eigenvalue weighted by Crippen LogP contribution is 2.10. The number of fused-ring (bicyclic) bond motifs is 1. The Morgan fingerprint density at radius 2 is 2.14 bits per heavy atom. The second-order valence-corrected chi connectivity index (χ2v) is 5.15. The van der Waals surface area contributed by atoms with Crippen LogP contribution in [0.1, 0.15) is 16.8 Å². The van der Waals surface area contributed by atoms with E-state index in [4.69, 9.17) is 0 Å². The number of rotatable bonds is 3. The normalized spacial score (nSPS) is 10.8. The van der Waals surface area contributed by atoms with Gasteiger partial charge in [-0.15, -0.1) is 0 Å². The van der Waals surface area contributed by atoms with Gasteiger partial charge < -0.3 is 5.32 Å². The van der Waals surface area contributed by atoms with Gasteiger partial charge >= 0.3 is 0 Å². The molecule has 1 aromatic carbocycles. The van der Waals surface area contributed by atoms with E-state index < -0.39 is 0 Å². The molecule has 0 saturated heterocycles. The van der Waals surface area contributed by atoms with E-state index in [9.17, 15) is 4.79 Å². The topological polar surface area (TPSA) is 59.3 Å². The summed E-state index contributed by atoms with van der Waals surface area (Å²) in [6.45, 7) is 3.92. The number of benzene rings is 1. The third-order valence-corrected chi connectivity index (χ3v) is 3.17. The molecule has 0 aliphatic rings. The largest absolute Gasteiger partial charge is 0.323 e. The molecule has 3 rings (SSSR count). The molecule has 1 N–H and O–H groups in total. The van der Waals surface area contributed by atoms with Crippen molar-refractivity contribution in [3.05, 3.63) is 59.5 Å². The van der Waals surface area contributed by atoms with Crippen LogP contribution in [0.15, 0.2) is 42.7 Å². The van der Waals surface area contributed by atoms with Crippen LogP contribution in [-0.2, 0) is 11.2 Å². The number of nitrogens with one attached hydrogen (secondary N) is 1. The predicted octanol–water partition coefficient (Wildman–Crippen LogP) is 2.53. The average Bonchev–Trinajstić information content (AvgIpc) is 2.78. The lowest BCUT2D eigenvalue weighted by Gasteiger charge is -2.06. The van der Waals surface area contributed by atoms with Gasteiger partial charge in [-0.2, -0.15) is 5.10 Å². The number of aryl methyl sites for hydroxylation is 2. The van der Waals surface area contributed by atoms with Gasteiger partial charge in [0, 0.05) is 6.07 Å². The molecule has 2 aromatic heterocycles. The van der Waals surface area contributed by atoms with Gasteiger partial charge in [0.05, 0.1) is 30.2 Å². The van der Waals surface area contributed by atoms with Gasteiger partial charge in [-0.3, -0.25) is 4.79 Å². The van der Waals surface area contributed by atoms with Gasteiger partial charge in [-0.25, -0.2) is 9.50 Å². The molecular formula is C16H16N4O. The predicted molar refractivity (Wildman–Crippen MR) is 81.2 cm³/mol. The number of hydrogen-bond acceptors (Lipinski definition) is 3. The Morgan fingerprint density at radius 3 is 2.95 bits per heavy atom. The molecular weight excluding hydrogens is 264 g/mol. The second kappa shape index (κ2) is 5.36. The molecule has 0 unspecified atom stereocenters. The highest BCUT2D eigenvalue weighted by Gasteiger charge is 2.06. The van der Waals surface area contributed by atoms with Crippen LogP contribution >= 0.6 is 0 Å². The van der Waals surface area contributed by atoms with E-state index >= 15 is 0 Å². The number of carbonyl (C=O) groups excluding carboxylic acids is 1. The zero-order chi connectivity index (χ0) is 14.8. The molecule has 3 aromatic rings. The van der Waals surface area contributed by atoms with Crippen molar-refractivity contribution < 1.29 is 4.79 Å². The van der Waals surface area contributed by atoms with Crippen LogP contribution in [0.4, 0.5) is 5.69 Å². The summed E-state index contributed by atoms with van der Waals surface area (Å²) in [5, 5.41) is 7.13. The van der Waals surface area contributed by atoms with E-state index in [1.807, 2.05) is 44.2 Å². The zero-order valence-corrected chi connectivity index (χ0v) is 12.0. The number of hydrogen-bond donors (Lipinski definition) is 1. The quantitative estimate of drug-likeness (QED) is 0.802. The molecule has 1 amide bonds. The Hall–Kier alpha value is -2.69. The van der Waals surface area contributed by atoms with Crippen LogP contribution in [0.2, 0.25) is 0 Å². The van der Waals surface area contributed by atoms with Crippen LogP contribution in [0.25, 0.3) is 5.65 Å². The summed E-state index contributed by atoms with van der Waals surface area (Å²) in [7, 11) is 0. The summed E-state index contributed by atoms with van der Waals surface area (Å²) < 4.78 is 1.66. The summed E-state index contributed by atoms with van der Waals surface area (Å²) in [6.07, 6.45) is 3.76. The molecule has 0 fully saturated rings. The number of anilines is 1. The highest BCUT2D eigenvalue weighted by atomic mass is 16.1. The Kier molecular flexibility index (Phi) is 3.39. The van der Waals surface area contributed by atoms with Crippen molar-refractivity contribution in [2.24, 2.45) is 0 Å². The summed E-state index contributed by atoms with van der Waals surface area (Å²) in [5.41, 5.74) is 4.45. The summed E-state index contributed by atoms with van der Waals surface area (Å²) in [4.78, 5) is 16.3. The van der Waals surface area contributed by atoms with Crippen molar-refractivity contribution in [1.82, 2.24) is 14.6 Å². The molecule has 0 radical (unpaired) electrons. The minimum Gasteiger partial charge on any atom is -0.323 e. The summed E-state index contributed by atoms with van der Waals surface area (Å²) in [5.74, 6) is -0.0642. The van der Waals surface area contributed by atoms with Gasteiger partial charge in [-0.05, 0) is 19.4 Å². The third-order valence-electron chi connectivity index (χ3n) is 3.17. The summed E-state index contributed by atoms with van der Waals surface area (Å²) >= 11 is 0. The first-order valence-electron chi connectivity index (χ1n) is 6.77. The minimum absolute atomic E-state index is 0.0642. The van der Waals surface area contributed by atoms with Crippen molar-refractivity contribution in [3.8, 4) is 0 Å². The fraction of sp³-hybridized carbons (Fsp3) is 0.188. The number of nitrogens with zero attached hydrogens (tertiary/aromatic N) is 3. The van der Waals surface area contributed by atoms with Gasteiger partial charge in [0.15, 0.2) is 5.65 Å². The van der Waals surface area contributed by atoms with E-state index in [0.717, 1.165) is 22.5 Å². The average molecular weight is 280 g/mol. The first-order valence-corrected chi connectivity index (χ1v) is 6.77. The van der Waals surface area contributed by atoms with Crippen molar-refractivity contribution in [3.63, 3.8) is 0 Å². The van der Waals surface area contributed by atoms with E-state index in [1.54, 1.807) is 16.9 Å². The van der Waals surface area contributed by atoms with Crippen molar-refractivity contribution in [1.29, 1.82) is 0 Å². The lowest BCUT2D eigenvalue weighted by atomic mass is 10.1. The number of aromatic nitrogens is 3. The third kappa shape index (κ3) is 3.08. The minimum atomic E-state index is -0.0642. The van der Waals surface area contributed by atoms with Gasteiger partial charge in [-0.1, -0.05) is 29.8 Å².